The summed E-state index contributed by atoms with van der Waals surface area (Å²) in [4.78, 5) is 38.9. The maximum Gasteiger partial charge on any atom is 0.328 e. The van der Waals surface area contributed by atoms with Crippen LogP contribution in [0.4, 0.5) is 0 Å². The third kappa shape index (κ3) is 19.7. The van der Waals surface area contributed by atoms with Crippen molar-refractivity contribution in [2.75, 3.05) is 0 Å². The highest BCUT2D eigenvalue weighted by Gasteiger charge is 1.90. The number of hydrogen-bond acceptors (Lipinski definition) is 5. The minimum Gasteiger partial charge on any atom is -0.478 e. The van der Waals surface area contributed by atoms with Gasteiger partial charge in [-0.05, 0) is 0 Å². The first kappa shape index (κ1) is 16.7. The molecule has 0 bridgehead atoms. The van der Waals surface area contributed by atoms with Crippen molar-refractivity contribution in [1.82, 2.24) is 5.43 Å². The molecule has 0 unspecified atom stereocenters. The molecule has 0 aliphatic rings. The van der Waals surface area contributed by atoms with E-state index in [0.29, 0.717) is 18.2 Å². The Hall–Kier alpha value is -2.68. The highest BCUT2D eigenvalue weighted by atomic mass is 16.4. The van der Waals surface area contributed by atoms with E-state index in [9.17, 15) is 19.2 Å². The number of hydrazine groups is 1. The highest BCUT2D eigenvalue weighted by Crippen LogP contribution is 1.71. The summed E-state index contributed by atoms with van der Waals surface area (Å²) in [6.45, 7) is 0. The number of amides is 1. The zero-order chi connectivity index (χ0) is 13.8. The molecule has 6 N–H and O–H groups in total. The molecule has 0 aromatic heterocycles. The van der Waals surface area contributed by atoms with Gasteiger partial charge in [-0.25, -0.2) is 20.2 Å². The molecule has 0 aliphatic carbocycles. The quantitative estimate of drug-likeness (QED) is 0.170. The van der Waals surface area contributed by atoms with Crippen molar-refractivity contribution < 1.29 is 34.5 Å². The number of aliphatic carboxylic acids is 3. The fourth-order valence-electron chi connectivity index (χ4n) is 0.338. The van der Waals surface area contributed by atoms with Crippen LogP contribution in [-0.4, -0.2) is 39.1 Å². The first-order chi connectivity index (χ1) is 7.79. The number of carboxylic acids is 3. The van der Waals surface area contributed by atoms with Gasteiger partial charge in [-0.1, -0.05) is 0 Å². The van der Waals surface area contributed by atoms with Gasteiger partial charge in [0.25, 0.3) is 5.91 Å². The minimum absolute atomic E-state index is 0.558. The van der Waals surface area contributed by atoms with Gasteiger partial charge >= 0.3 is 17.9 Å². The molecule has 0 radical (unpaired) electrons. The lowest BCUT2D eigenvalue weighted by atomic mass is 10.5. The number of nitrogens with two attached hydrogens (primary N) is 1. The van der Waals surface area contributed by atoms with Crippen molar-refractivity contribution in [3.8, 4) is 0 Å². The first-order valence-electron chi connectivity index (χ1n) is 3.85. The monoisotopic (exact) mass is 246 g/mol. The normalized spacial score (nSPS) is 9.47. The second kappa shape index (κ2) is 9.86. The highest BCUT2D eigenvalue weighted by molar-refractivity contribution is 5.93. The van der Waals surface area contributed by atoms with E-state index < -0.39 is 23.8 Å². The molecule has 0 spiro atoms. The van der Waals surface area contributed by atoms with Gasteiger partial charge in [0.15, 0.2) is 0 Å². The summed E-state index contributed by atoms with van der Waals surface area (Å²) in [7, 11) is 0. The zero-order valence-electron chi connectivity index (χ0n) is 8.36. The number of carbonyl (C=O) groups excluding carboxylic acids is 1. The van der Waals surface area contributed by atoms with Crippen LogP contribution in [0.25, 0.3) is 0 Å². The lowest BCUT2D eigenvalue weighted by Gasteiger charge is -1.85. The fraction of sp³-hybridized carbons (Fsp3) is 0. The van der Waals surface area contributed by atoms with Crippen LogP contribution < -0.4 is 11.3 Å². The Morgan fingerprint density at radius 2 is 1.06 bits per heavy atom. The Bertz CT molecular complexity index is 343. The molecule has 0 saturated carbocycles. The molecule has 9 nitrogen and oxygen atoms in total. The molecule has 0 aromatic carbocycles. The molecular formula is C8H10N2O7. The Morgan fingerprint density at radius 3 is 1.29 bits per heavy atom. The summed E-state index contributed by atoms with van der Waals surface area (Å²) in [5.41, 5.74) is 1.73. The van der Waals surface area contributed by atoms with Crippen LogP contribution in [0.15, 0.2) is 24.3 Å². The first-order valence-corrected chi connectivity index (χ1v) is 3.85. The van der Waals surface area contributed by atoms with E-state index in [1.807, 2.05) is 0 Å². The minimum atomic E-state index is -1.26. The van der Waals surface area contributed by atoms with E-state index in [1.165, 1.54) is 0 Å². The maximum atomic E-state index is 10.1. The summed E-state index contributed by atoms with van der Waals surface area (Å²) in [5, 5.41) is 23.6. The summed E-state index contributed by atoms with van der Waals surface area (Å²) in [6.07, 6.45) is 2.63. The van der Waals surface area contributed by atoms with Gasteiger partial charge in [-0.3, -0.25) is 10.2 Å². The molecule has 9 heteroatoms. The summed E-state index contributed by atoms with van der Waals surface area (Å²) in [6, 6.07) is 0. The van der Waals surface area contributed by atoms with Crippen molar-refractivity contribution >= 4 is 23.8 Å². The summed E-state index contributed by atoms with van der Waals surface area (Å²) < 4.78 is 0. The van der Waals surface area contributed by atoms with E-state index in [-0.39, 0.29) is 0 Å². The van der Waals surface area contributed by atoms with Crippen molar-refractivity contribution in [3.05, 3.63) is 24.3 Å². The SMILES string of the molecule is NNC(=O)C=CC(=O)O.O=C(O)C=CC(=O)O. The van der Waals surface area contributed by atoms with Gasteiger partial charge in [0.1, 0.15) is 0 Å². The van der Waals surface area contributed by atoms with Crippen molar-refractivity contribution in [3.63, 3.8) is 0 Å². The van der Waals surface area contributed by atoms with Crippen LogP contribution in [0.5, 0.6) is 0 Å². The second-order valence-electron chi connectivity index (χ2n) is 2.19. The smallest absolute Gasteiger partial charge is 0.328 e. The largest absolute Gasteiger partial charge is 0.478 e. The molecule has 0 rings (SSSR count). The predicted octanol–water partition coefficient (Wildman–Crippen LogP) is -1.67. The van der Waals surface area contributed by atoms with Crippen LogP contribution in [0.1, 0.15) is 0 Å². The molecule has 0 aromatic rings. The zero-order valence-corrected chi connectivity index (χ0v) is 8.36. The number of rotatable bonds is 4. The van der Waals surface area contributed by atoms with E-state index in [4.69, 9.17) is 15.3 Å². The summed E-state index contributed by atoms with van der Waals surface area (Å²) in [5.74, 6) is 0.277. The van der Waals surface area contributed by atoms with Gasteiger partial charge in [0.2, 0.25) is 0 Å². The van der Waals surface area contributed by atoms with E-state index in [0.717, 1.165) is 6.08 Å². The van der Waals surface area contributed by atoms with Gasteiger partial charge in [0.05, 0.1) is 0 Å². The lowest BCUT2D eigenvalue weighted by molar-refractivity contribution is -0.134. The number of hydrogen-bond donors (Lipinski definition) is 5. The van der Waals surface area contributed by atoms with Crippen LogP contribution in [0, 0.1) is 0 Å². The predicted molar refractivity (Wildman–Crippen MR) is 53.5 cm³/mol. The molecule has 0 heterocycles. The number of nitrogens with one attached hydrogen (secondary N) is 1. The van der Waals surface area contributed by atoms with Gasteiger partial charge in [-0.15, -0.1) is 0 Å². The van der Waals surface area contributed by atoms with Crippen molar-refractivity contribution in [2.24, 2.45) is 5.84 Å². The number of carbonyl (C=O) groups is 4. The van der Waals surface area contributed by atoms with E-state index >= 15 is 0 Å². The molecule has 0 aliphatic heterocycles. The average molecular weight is 246 g/mol. The van der Waals surface area contributed by atoms with E-state index in [2.05, 4.69) is 5.84 Å². The Labute approximate surface area is 94.8 Å². The molecule has 17 heavy (non-hydrogen) atoms. The molecule has 0 atom stereocenters. The molecule has 94 valence electrons. The topological polar surface area (TPSA) is 167 Å². The molecular weight excluding hydrogens is 236 g/mol. The third-order valence-corrected chi connectivity index (χ3v) is 0.888. The third-order valence-electron chi connectivity index (χ3n) is 0.888. The maximum absolute atomic E-state index is 10.1. The van der Waals surface area contributed by atoms with Crippen LogP contribution >= 0.6 is 0 Å². The lowest BCUT2D eigenvalue weighted by Crippen LogP contribution is -2.28. The van der Waals surface area contributed by atoms with Gasteiger partial charge < -0.3 is 15.3 Å². The standard InChI is InChI=1S/C4H6N2O3.C4H4O4/c5-6-3(7)1-2-4(8)9;5-3(6)1-2-4(7)8/h1-2H,5H2,(H,6,7)(H,8,9);1-2H,(H,5,6)(H,7,8). The summed E-state index contributed by atoms with van der Waals surface area (Å²) >= 11 is 0. The van der Waals surface area contributed by atoms with Crippen LogP contribution in [0.2, 0.25) is 0 Å². The van der Waals surface area contributed by atoms with Crippen LogP contribution in [-0.2, 0) is 19.2 Å². The second-order valence-corrected chi connectivity index (χ2v) is 2.19. The number of carboxylic acid groups (broad SMARTS) is 3. The Kier molecular flexibility index (Phi) is 9.71. The Balaban J connectivity index is 0. The molecule has 0 saturated heterocycles. The average Bonchev–Trinajstić information content (AvgIpc) is 2.23. The van der Waals surface area contributed by atoms with E-state index in [1.54, 1.807) is 5.43 Å². The molecule has 0 fully saturated rings. The van der Waals surface area contributed by atoms with Gasteiger partial charge in [0, 0.05) is 24.3 Å². The van der Waals surface area contributed by atoms with Gasteiger partial charge in [-0.2, -0.15) is 0 Å². The fourth-order valence-corrected chi connectivity index (χ4v) is 0.338. The van der Waals surface area contributed by atoms with Crippen molar-refractivity contribution in [2.45, 2.75) is 0 Å². The molecule has 1 amide bonds. The Morgan fingerprint density at radius 1 is 0.765 bits per heavy atom. The van der Waals surface area contributed by atoms with Crippen molar-refractivity contribution in [1.29, 1.82) is 0 Å². The van der Waals surface area contributed by atoms with Crippen LogP contribution in [0.3, 0.4) is 0 Å².